The van der Waals surface area contributed by atoms with Gasteiger partial charge in [0.05, 0.1) is 5.52 Å². The molecule has 0 aliphatic heterocycles. The molecule has 0 saturated heterocycles. The zero-order chi connectivity index (χ0) is 9.26. The van der Waals surface area contributed by atoms with E-state index in [1.54, 1.807) is 6.20 Å². The highest BCUT2D eigenvalue weighted by Crippen LogP contribution is 2.22. The van der Waals surface area contributed by atoms with E-state index in [1.165, 1.54) is 0 Å². The van der Waals surface area contributed by atoms with E-state index in [4.69, 9.17) is 0 Å². The molecule has 1 heterocycles. The van der Waals surface area contributed by atoms with Gasteiger partial charge in [-0.3, -0.25) is 4.98 Å². The zero-order valence-corrected chi connectivity index (χ0v) is 8.58. The van der Waals surface area contributed by atoms with E-state index in [0.717, 1.165) is 20.9 Å². The van der Waals surface area contributed by atoms with Crippen LogP contribution < -0.4 is 0 Å². The van der Waals surface area contributed by atoms with E-state index in [0.29, 0.717) is 0 Å². The first-order chi connectivity index (χ1) is 6.27. The Labute approximate surface area is 85.2 Å². The van der Waals surface area contributed by atoms with Gasteiger partial charge in [0.1, 0.15) is 0 Å². The SMILES string of the molecule is C=C(Br)c1ccc2ncccc2c1. The molecule has 2 rings (SSSR count). The largest absolute Gasteiger partial charge is 0.256 e. The monoisotopic (exact) mass is 233 g/mol. The Balaban J connectivity index is 2.69. The molecule has 0 N–H and O–H groups in total. The van der Waals surface area contributed by atoms with Gasteiger partial charge in [0.25, 0.3) is 0 Å². The normalized spacial score (nSPS) is 10.2. The average Bonchev–Trinajstić information content (AvgIpc) is 2.17. The summed E-state index contributed by atoms with van der Waals surface area (Å²) in [6, 6.07) is 10.0. The van der Waals surface area contributed by atoms with Crippen LogP contribution in [-0.2, 0) is 0 Å². The van der Waals surface area contributed by atoms with Crippen molar-refractivity contribution in [3.05, 3.63) is 48.7 Å². The summed E-state index contributed by atoms with van der Waals surface area (Å²) in [5.74, 6) is 0. The molecule has 0 saturated carbocycles. The van der Waals surface area contributed by atoms with Crippen molar-refractivity contribution in [2.45, 2.75) is 0 Å². The molecule has 0 bridgehead atoms. The lowest BCUT2D eigenvalue weighted by atomic mass is 10.1. The highest BCUT2D eigenvalue weighted by atomic mass is 79.9. The maximum absolute atomic E-state index is 4.24. The summed E-state index contributed by atoms with van der Waals surface area (Å²) in [6.07, 6.45) is 1.80. The average molecular weight is 234 g/mol. The van der Waals surface area contributed by atoms with Crippen LogP contribution in [0.4, 0.5) is 0 Å². The molecule has 0 fully saturated rings. The molecular weight excluding hydrogens is 226 g/mol. The minimum Gasteiger partial charge on any atom is -0.256 e. The van der Waals surface area contributed by atoms with Crippen LogP contribution in [0.3, 0.4) is 0 Å². The summed E-state index contributed by atoms with van der Waals surface area (Å²) in [5.41, 5.74) is 2.11. The summed E-state index contributed by atoms with van der Waals surface area (Å²) in [6.45, 7) is 3.83. The minimum atomic E-state index is 0.901. The predicted molar refractivity (Wildman–Crippen MR) is 59.7 cm³/mol. The number of fused-ring (bicyclic) bond motifs is 1. The fourth-order valence-corrected chi connectivity index (χ4v) is 1.49. The topological polar surface area (TPSA) is 12.9 Å². The lowest BCUT2D eigenvalue weighted by Crippen LogP contribution is -1.79. The van der Waals surface area contributed by atoms with Crippen LogP contribution >= 0.6 is 15.9 Å². The second kappa shape index (κ2) is 3.30. The number of aromatic nitrogens is 1. The quantitative estimate of drug-likeness (QED) is 0.734. The summed E-state index contributed by atoms with van der Waals surface area (Å²) >= 11 is 3.35. The van der Waals surface area contributed by atoms with E-state index < -0.39 is 0 Å². The second-order valence-corrected chi connectivity index (χ2v) is 3.77. The van der Waals surface area contributed by atoms with Crippen LogP contribution in [0, 0.1) is 0 Å². The van der Waals surface area contributed by atoms with E-state index >= 15 is 0 Å². The van der Waals surface area contributed by atoms with Crippen molar-refractivity contribution in [1.29, 1.82) is 0 Å². The molecule has 0 aliphatic carbocycles. The highest BCUT2D eigenvalue weighted by Gasteiger charge is 1.97. The number of benzene rings is 1. The molecule has 0 spiro atoms. The Morgan fingerprint density at radius 3 is 2.92 bits per heavy atom. The standard InChI is InChI=1S/C11H8BrN/c1-8(12)9-4-5-11-10(7-9)3-2-6-13-11/h2-7H,1H2. The number of halogens is 1. The molecule has 0 amide bonds. The molecule has 1 nitrogen and oxygen atoms in total. The third-order valence-electron chi connectivity index (χ3n) is 1.92. The van der Waals surface area contributed by atoms with Crippen molar-refractivity contribution < 1.29 is 0 Å². The smallest absolute Gasteiger partial charge is 0.0702 e. The van der Waals surface area contributed by atoms with Crippen molar-refractivity contribution in [3.8, 4) is 0 Å². The second-order valence-electron chi connectivity index (χ2n) is 2.82. The summed E-state index contributed by atoms with van der Waals surface area (Å²) in [4.78, 5) is 4.24. The van der Waals surface area contributed by atoms with E-state index in [2.05, 4.69) is 33.6 Å². The first-order valence-electron chi connectivity index (χ1n) is 3.97. The van der Waals surface area contributed by atoms with Crippen LogP contribution in [0.2, 0.25) is 0 Å². The molecule has 0 unspecified atom stereocenters. The van der Waals surface area contributed by atoms with Crippen molar-refractivity contribution in [3.63, 3.8) is 0 Å². The van der Waals surface area contributed by atoms with E-state index in [1.807, 2.05) is 24.3 Å². The summed E-state index contributed by atoms with van der Waals surface area (Å²) in [7, 11) is 0. The third kappa shape index (κ3) is 1.63. The first-order valence-corrected chi connectivity index (χ1v) is 4.76. The third-order valence-corrected chi connectivity index (χ3v) is 2.37. The maximum Gasteiger partial charge on any atom is 0.0702 e. The Hall–Kier alpha value is -1.15. The van der Waals surface area contributed by atoms with Crippen molar-refractivity contribution >= 4 is 31.3 Å². The van der Waals surface area contributed by atoms with Crippen LogP contribution in [0.5, 0.6) is 0 Å². The summed E-state index contributed by atoms with van der Waals surface area (Å²) < 4.78 is 0.901. The lowest BCUT2D eigenvalue weighted by molar-refractivity contribution is 1.41. The van der Waals surface area contributed by atoms with Crippen molar-refractivity contribution in [1.82, 2.24) is 4.98 Å². The minimum absolute atomic E-state index is 0.901. The molecule has 64 valence electrons. The Bertz CT molecular complexity index is 462. The maximum atomic E-state index is 4.24. The van der Waals surface area contributed by atoms with Gasteiger partial charge in [-0.25, -0.2) is 0 Å². The predicted octanol–water partition coefficient (Wildman–Crippen LogP) is 3.60. The molecule has 0 radical (unpaired) electrons. The van der Waals surface area contributed by atoms with Gasteiger partial charge in [-0.1, -0.05) is 34.6 Å². The first kappa shape index (κ1) is 8.45. The molecule has 0 aliphatic rings. The van der Waals surface area contributed by atoms with Gasteiger partial charge in [0, 0.05) is 16.1 Å². The Morgan fingerprint density at radius 1 is 1.31 bits per heavy atom. The molecule has 13 heavy (non-hydrogen) atoms. The van der Waals surface area contributed by atoms with Crippen LogP contribution in [0.25, 0.3) is 15.4 Å². The Kier molecular flexibility index (Phi) is 2.15. The molecule has 2 aromatic rings. The van der Waals surface area contributed by atoms with Gasteiger partial charge in [-0.2, -0.15) is 0 Å². The molecule has 0 atom stereocenters. The van der Waals surface area contributed by atoms with Crippen LogP contribution in [0.1, 0.15) is 5.56 Å². The Morgan fingerprint density at radius 2 is 2.15 bits per heavy atom. The van der Waals surface area contributed by atoms with Crippen molar-refractivity contribution in [2.75, 3.05) is 0 Å². The van der Waals surface area contributed by atoms with Gasteiger partial charge < -0.3 is 0 Å². The lowest BCUT2D eigenvalue weighted by Gasteiger charge is -2.00. The van der Waals surface area contributed by atoms with Crippen LogP contribution in [0.15, 0.2) is 43.1 Å². The zero-order valence-electron chi connectivity index (χ0n) is 7.00. The fourth-order valence-electron chi connectivity index (χ4n) is 1.24. The number of nitrogens with zero attached hydrogens (tertiary/aromatic N) is 1. The van der Waals surface area contributed by atoms with Gasteiger partial charge in [-0.05, 0) is 23.8 Å². The van der Waals surface area contributed by atoms with Crippen LogP contribution in [-0.4, -0.2) is 4.98 Å². The molecule has 1 aromatic heterocycles. The number of rotatable bonds is 1. The molecule has 1 aromatic carbocycles. The van der Waals surface area contributed by atoms with Gasteiger partial charge >= 0.3 is 0 Å². The van der Waals surface area contributed by atoms with Crippen molar-refractivity contribution in [2.24, 2.45) is 0 Å². The molecule has 2 heteroatoms. The molecular formula is C11H8BrN. The summed E-state index contributed by atoms with van der Waals surface area (Å²) in [5, 5.41) is 1.14. The van der Waals surface area contributed by atoms with Gasteiger partial charge in [-0.15, -0.1) is 0 Å². The van der Waals surface area contributed by atoms with Gasteiger partial charge in [0.15, 0.2) is 0 Å². The highest BCUT2D eigenvalue weighted by molar-refractivity contribution is 9.15. The van der Waals surface area contributed by atoms with E-state index in [-0.39, 0.29) is 0 Å². The number of hydrogen-bond acceptors (Lipinski definition) is 1. The van der Waals surface area contributed by atoms with E-state index in [9.17, 15) is 0 Å². The number of pyridine rings is 1. The number of hydrogen-bond donors (Lipinski definition) is 0. The van der Waals surface area contributed by atoms with Gasteiger partial charge in [0.2, 0.25) is 0 Å². The fraction of sp³-hybridized carbons (Fsp3) is 0.